The Morgan fingerprint density at radius 3 is 2.48 bits per heavy atom. The van der Waals surface area contributed by atoms with E-state index in [2.05, 4.69) is 15.3 Å². The third kappa shape index (κ3) is 5.46. The average molecular weight is 340 g/mol. The number of methoxy groups -OCH3 is 1. The monoisotopic (exact) mass is 340 g/mol. The third-order valence-electron chi connectivity index (χ3n) is 3.42. The van der Waals surface area contributed by atoms with E-state index >= 15 is 0 Å². The molecule has 0 aliphatic carbocycles. The van der Waals surface area contributed by atoms with Crippen LogP contribution in [0, 0.1) is 13.8 Å². The number of hydrazone groups is 1. The third-order valence-corrected chi connectivity index (χ3v) is 3.42. The highest BCUT2D eigenvalue weighted by Crippen LogP contribution is 2.18. The number of nitrogens with zero attached hydrogens (tertiary/aromatic N) is 1. The van der Waals surface area contributed by atoms with Gasteiger partial charge in [0.15, 0.2) is 6.61 Å². The predicted molar refractivity (Wildman–Crippen MR) is 94.9 cm³/mol. The Morgan fingerprint density at radius 1 is 1.12 bits per heavy atom. The molecule has 6 heteroatoms. The topological polar surface area (TPSA) is 77.0 Å². The lowest BCUT2D eigenvalue weighted by molar-refractivity contribution is -0.123. The molecule has 0 saturated heterocycles. The van der Waals surface area contributed by atoms with E-state index in [1.165, 1.54) is 13.3 Å². The van der Waals surface area contributed by atoms with Gasteiger partial charge in [0.2, 0.25) is 0 Å². The van der Waals surface area contributed by atoms with E-state index in [1.807, 2.05) is 32.0 Å². The Kier molecular flexibility index (Phi) is 6.28. The Bertz CT molecular complexity index is 783. The molecule has 2 aromatic carbocycles. The normalized spacial score (nSPS) is 10.5. The molecule has 6 nitrogen and oxygen atoms in total. The number of hydrogen-bond acceptors (Lipinski definition) is 5. The van der Waals surface area contributed by atoms with E-state index in [4.69, 9.17) is 4.74 Å². The maximum Gasteiger partial charge on any atom is 0.337 e. The van der Waals surface area contributed by atoms with Crippen LogP contribution in [0.25, 0.3) is 0 Å². The lowest BCUT2D eigenvalue weighted by Crippen LogP contribution is -2.24. The molecular weight excluding hydrogens is 320 g/mol. The van der Waals surface area contributed by atoms with E-state index in [0.29, 0.717) is 11.3 Å². The number of carbonyl (C=O) groups is 2. The molecule has 0 unspecified atom stereocenters. The van der Waals surface area contributed by atoms with Gasteiger partial charge in [-0.1, -0.05) is 29.8 Å². The Hall–Kier alpha value is -3.15. The zero-order chi connectivity index (χ0) is 18.2. The first kappa shape index (κ1) is 18.2. The van der Waals surface area contributed by atoms with Gasteiger partial charge in [0.05, 0.1) is 18.9 Å². The van der Waals surface area contributed by atoms with Gasteiger partial charge in [-0.15, -0.1) is 0 Å². The molecule has 0 radical (unpaired) electrons. The van der Waals surface area contributed by atoms with Crippen LogP contribution in [0.2, 0.25) is 0 Å². The van der Waals surface area contributed by atoms with Crippen molar-refractivity contribution in [1.82, 2.24) is 5.43 Å². The second-order valence-corrected chi connectivity index (χ2v) is 5.46. The molecule has 2 aromatic rings. The quantitative estimate of drug-likeness (QED) is 0.498. The molecule has 2 rings (SSSR count). The van der Waals surface area contributed by atoms with Crippen molar-refractivity contribution in [1.29, 1.82) is 0 Å². The maximum absolute atomic E-state index is 11.8. The number of nitrogens with one attached hydrogen (secondary N) is 1. The van der Waals surface area contributed by atoms with Crippen molar-refractivity contribution in [2.45, 2.75) is 13.8 Å². The Balaban J connectivity index is 1.83. The first-order chi connectivity index (χ1) is 12.0. The summed E-state index contributed by atoms with van der Waals surface area (Å²) >= 11 is 0. The van der Waals surface area contributed by atoms with Crippen molar-refractivity contribution >= 4 is 18.1 Å². The summed E-state index contributed by atoms with van der Waals surface area (Å²) in [7, 11) is 1.33. The molecule has 130 valence electrons. The van der Waals surface area contributed by atoms with Gasteiger partial charge in [-0.3, -0.25) is 4.79 Å². The number of amides is 1. The fraction of sp³-hybridized carbons (Fsp3) is 0.211. The summed E-state index contributed by atoms with van der Waals surface area (Å²) in [6.45, 7) is 3.80. The molecule has 0 aliphatic heterocycles. The molecule has 1 N–H and O–H groups in total. The number of esters is 1. The minimum atomic E-state index is -0.402. The highest BCUT2D eigenvalue weighted by molar-refractivity contribution is 5.90. The van der Waals surface area contributed by atoms with Gasteiger partial charge in [-0.25, -0.2) is 10.2 Å². The summed E-state index contributed by atoms with van der Waals surface area (Å²) in [5.74, 6) is -0.0918. The van der Waals surface area contributed by atoms with Gasteiger partial charge < -0.3 is 9.47 Å². The molecule has 0 fully saturated rings. The van der Waals surface area contributed by atoms with E-state index in [-0.39, 0.29) is 12.5 Å². The van der Waals surface area contributed by atoms with Gasteiger partial charge in [-0.2, -0.15) is 5.10 Å². The molecule has 0 spiro atoms. The van der Waals surface area contributed by atoms with Gasteiger partial charge in [0.25, 0.3) is 5.91 Å². The van der Waals surface area contributed by atoms with E-state index < -0.39 is 5.97 Å². The molecule has 0 saturated carbocycles. The molecular formula is C19H20N2O4. The van der Waals surface area contributed by atoms with Crippen LogP contribution in [0.3, 0.4) is 0 Å². The van der Waals surface area contributed by atoms with Gasteiger partial charge in [0, 0.05) is 0 Å². The lowest BCUT2D eigenvalue weighted by Gasteiger charge is -2.08. The first-order valence-electron chi connectivity index (χ1n) is 7.70. The van der Waals surface area contributed by atoms with Crippen LogP contribution >= 0.6 is 0 Å². The van der Waals surface area contributed by atoms with Crippen LogP contribution < -0.4 is 10.2 Å². The number of aryl methyl sites for hydroxylation is 2. The molecule has 1 amide bonds. The molecule has 25 heavy (non-hydrogen) atoms. The summed E-state index contributed by atoms with van der Waals surface area (Å²) in [6.07, 6.45) is 1.48. The van der Waals surface area contributed by atoms with Gasteiger partial charge in [0.1, 0.15) is 5.75 Å². The number of ether oxygens (including phenoxy) is 2. The predicted octanol–water partition coefficient (Wildman–Crippen LogP) is 2.62. The molecule has 0 bridgehead atoms. The van der Waals surface area contributed by atoms with Crippen LogP contribution in [0.1, 0.15) is 27.0 Å². The number of hydrogen-bond donors (Lipinski definition) is 1. The smallest absolute Gasteiger partial charge is 0.337 e. The van der Waals surface area contributed by atoms with Crippen molar-refractivity contribution in [2.24, 2.45) is 5.10 Å². The van der Waals surface area contributed by atoms with Crippen molar-refractivity contribution in [2.75, 3.05) is 13.7 Å². The van der Waals surface area contributed by atoms with Crippen LogP contribution in [0.4, 0.5) is 0 Å². The van der Waals surface area contributed by atoms with E-state index in [9.17, 15) is 9.59 Å². The highest BCUT2D eigenvalue weighted by Gasteiger charge is 2.05. The average Bonchev–Trinajstić information content (AvgIpc) is 2.61. The van der Waals surface area contributed by atoms with Crippen molar-refractivity contribution in [3.63, 3.8) is 0 Å². The zero-order valence-corrected chi connectivity index (χ0v) is 14.4. The van der Waals surface area contributed by atoms with Crippen LogP contribution in [0.15, 0.2) is 47.6 Å². The van der Waals surface area contributed by atoms with Crippen LogP contribution in [-0.4, -0.2) is 31.8 Å². The van der Waals surface area contributed by atoms with Gasteiger partial charge >= 0.3 is 5.97 Å². The van der Waals surface area contributed by atoms with Crippen molar-refractivity contribution in [3.05, 3.63) is 64.7 Å². The molecule has 0 atom stereocenters. The van der Waals surface area contributed by atoms with E-state index in [0.717, 1.165) is 16.7 Å². The SMILES string of the molecule is COC(=O)c1ccc(C=NNC(=O)COc2ccc(C)cc2C)cc1. The number of rotatable bonds is 6. The summed E-state index contributed by atoms with van der Waals surface area (Å²) in [5.41, 5.74) is 5.69. The number of benzene rings is 2. The minimum absolute atomic E-state index is 0.123. The Labute approximate surface area is 146 Å². The fourth-order valence-electron chi connectivity index (χ4n) is 2.14. The van der Waals surface area contributed by atoms with Crippen LogP contribution in [-0.2, 0) is 9.53 Å². The molecule has 0 aromatic heterocycles. The summed E-state index contributed by atoms with van der Waals surface area (Å²) in [4.78, 5) is 23.1. The molecule has 0 heterocycles. The Morgan fingerprint density at radius 2 is 1.84 bits per heavy atom. The van der Waals surface area contributed by atoms with Crippen molar-refractivity contribution < 1.29 is 19.1 Å². The second-order valence-electron chi connectivity index (χ2n) is 5.46. The summed E-state index contributed by atoms with van der Waals surface area (Å²) < 4.78 is 10.1. The standard InChI is InChI=1S/C19H20N2O4/c1-13-4-9-17(14(2)10-13)25-12-18(22)21-20-11-15-5-7-16(8-6-15)19(23)24-3/h4-11H,12H2,1-3H3,(H,21,22). The van der Waals surface area contributed by atoms with Gasteiger partial charge in [-0.05, 0) is 43.2 Å². The highest BCUT2D eigenvalue weighted by atomic mass is 16.5. The largest absolute Gasteiger partial charge is 0.483 e. The first-order valence-corrected chi connectivity index (χ1v) is 7.70. The lowest BCUT2D eigenvalue weighted by atomic mass is 10.1. The molecule has 0 aliphatic rings. The maximum atomic E-state index is 11.8. The van der Waals surface area contributed by atoms with E-state index in [1.54, 1.807) is 24.3 Å². The second kappa shape index (κ2) is 8.63. The zero-order valence-electron chi connectivity index (χ0n) is 14.4. The summed E-state index contributed by atoms with van der Waals surface area (Å²) in [5, 5.41) is 3.86. The van der Waals surface area contributed by atoms with Crippen LogP contribution in [0.5, 0.6) is 5.75 Å². The summed E-state index contributed by atoms with van der Waals surface area (Å²) in [6, 6.07) is 12.4. The fourth-order valence-corrected chi connectivity index (χ4v) is 2.14. The number of carbonyl (C=O) groups excluding carboxylic acids is 2. The van der Waals surface area contributed by atoms with Crippen molar-refractivity contribution in [3.8, 4) is 5.75 Å². The minimum Gasteiger partial charge on any atom is -0.483 e.